The monoisotopic (exact) mass is 645 g/mol. The summed E-state index contributed by atoms with van der Waals surface area (Å²) in [5.74, 6) is 0.438. The number of anilines is 1. The molecular weight excluding hydrogens is 593 g/mol. The first-order valence-corrected chi connectivity index (χ1v) is 18.3. The predicted octanol–water partition coefficient (Wildman–Crippen LogP) is 5.51. The zero-order valence-electron chi connectivity index (χ0n) is 27.5. The number of nitrogens with two attached hydrogens (primary N) is 1. The van der Waals surface area contributed by atoms with Crippen LogP contribution in [0, 0.1) is 11.8 Å². The average Bonchev–Trinajstić information content (AvgIpc) is 3.18. The molecule has 2 saturated carbocycles. The number of carbonyl (C=O) groups excluding carboxylic acids is 2. The molecule has 0 bridgehead atoms. The number of fused-ring (bicyclic) bond motifs is 1. The van der Waals surface area contributed by atoms with E-state index in [1.165, 1.54) is 57.7 Å². The van der Waals surface area contributed by atoms with Gasteiger partial charge in [0.05, 0.1) is 46.8 Å². The summed E-state index contributed by atoms with van der Waals surface area (Å²) in [6, 6.07) is 0. The second-order valence-corrected chi connectivity index (χ2v) is 15.5. The fourth-order valence-corrected chi connectivity index (χ4v) is 9.56. The van der Waals surface area contributed by atoms with Crippen LogP contribution < -0.4 is 10.8 Å². The Morgan fingerprint density at radius 3 is 2.22 bits per heavy atom. The number of aromatic nitrogens is 4. The third-order valence-corrected chi connectivity index (χ3v) is 12.1. The molecule has 13 heteroatoms. The van der Waals surface area contributed by atoms with Crippen molar-refractivity contribution in [3.05, 3.63) is 12.7 Å². The molecule has 250 valence electrons. The number of imidazole rings is 1. The lowest BCUT2D eigenvalue weighted by atomic mass is 10.00. The standard InChI is InChI=1S/C32H52N7O5P/c1-23(17-38-21-36-26-27(33)34-20-35-28(26)38)44-22-45-37-32(4,30(41)43-19-25-15-11-7-8-12-16-25)39(45)31(2,3)29(40)42-18-24-13-9-5-6-10-14-24/h20-21,23-25,37H,5-19,22H2,1-4H3,(H2,33,34,35). The van der Waals surface area contributed by atoms with E-state index >= 15 is 0 Å². The summed E-state index contributed by atoms with van der Waals surface area (Å²) in [7, 11) is -1.21. The molecular formula is C32H52N7O5P. The molecule has 3 heterocycles. The SMILES string of the molecule is CC(Cn1cnc2c(N)ncnc21)OCP1NC(C)(C(=O)OCC2CCCCCC2)N1C(C)(C)C(=O)OCC1CCCCCC1. The molecule has 2 aliphatic carbocycles. The van der Waals surface area contributed by atoms with E-state index in [9.17, 15) is 9.59 Å². The van der Waals surface area contributed by atoms with E-state index in [4.69, 9.17) is 19.9 Å². The Morgan fingerprint density at radius 1 is 1.00 bits per heavy atom. The van der Waals surface area contributed by atoms with Gasteiger partial charge in [0.1, 0.15) is 17.4 Å². The number of ether oxygens (including phenoxy) is 3. The van der Waals surface area contributed by atoms with Gasteiger partial charge < -0.3 is 24.5 Å². The highest BCUT2D eigenvalue weighted by Gasteiger charge is 2.62. The first kappa shape index (κ1) is 33.9. The number of rotatable bonds is 12. The quantitative estimate of drug-likeness (QED) is 0.171. The van der Waals surface area contributed by atoms with E-state index in [0.717, 1.165) is 25.7 Å². The Balaban J connectivity index is 1.25. The van der Waals surface area contributed by atoms with Gasteiger partial charge in [-0.15, -0.1) is 0 Å². The van der Waals surface area contributed by atoms with Crippen molar-refractivity contribution in [3.8, 4) is 0 Å². The number of hydrogen-bond donors (Lipinski definition) is 2. The largest absolute Gasteiger partial charge is 0.464 e. The number of nitrogens with one attached hydrogen (secondary N) is 1. The van der Waals surface area contributed by atoms with Gasteiger partial charge in [0, 0.05) is 0 Å². The number of esters is 2. The lowest BCUT2D eigenvalue weighted by molar-refractivity contribution is -0.170. The summed E-state index contributed by atoms with van der Waals surface area (Å²) in [5, 5.41) is 3.46. The van der Waals surface area contributed by atoms with Gasteiger partial charge in [0.25, 0.3) is 0 Å². The third kappa shape index (κ3) is 7.95. The maximum atomic E-state index is 13.7. The molecule has 0 radical (unpaired) electrons. The van der Waals surface area contributed by atoms with Gasteiger partial charge in [-0.05, 0) is 65.2 Å². The van der Waals surface area contributed by atoms with Crippen LogP contribution >= 0.6 is 8.22 Å². The number of nitrogen functional groups attached to an aromatic ring is 1. The highest BCUT2D eigenvalue weighted by molar-refractivity contribution is 7.54. The number of hydrogen-bond acceptors (Lipinski definition) is 11. The molecule has 3 atom stereocenters. The van der Waals surface area contributed by atoms with Gasteiger partial charge >= 0.3 is 11.9 Å². The van der Waals surface area contributed by atoms with Crippen LogP contribution in [0.1, 0.15) is 105 Å². The van der Waals surface area contributed by atoms with Gasteiger partial charge in [0.15, 0.2) is 17.1 Å². The maximum absolute atomic E-state index is 13.7. The van der Waals surface area contributed by atoms with E-state index in [2.05, 4.69) is 20.0 Å². The fraction of sp³-hybridized carbons (Fsp3) is 0.781. The topological polar surface area (TPSA) is 147 Å². The minimum Gasteiger partial charge on any atom is -0.464 e. The van der Waals surface area contributed by atoms with Gasteiger partial charge in [0.2, 0.25) is 0 Å². The van der Waals surface area contributed by atoms with Crippen LogP contribution in [0.3, 0.4) is 0 Å². The van der Waals surface area contributed by atoms with Crippen molar-refractivity contribution in [2.24, 2.45) is 11.8 Å². The Kier molecular flexibility index (Phi) is 11.3. The van der Waals surface area contributed by atoms with Gasteiger partial charge in [-0.3, -0.25) is 9.88 Å². The molecule has 0 spiro atoms. The molecule has 0 amide bonds. The second kappa shape index (κ2) is 15.0. The van der Waals surface area contributed by atoms with E-state index in [1.807, 2.05) is 36.9 Å². The third-order valence-electron chi connectivity index (χ3n) is 9.65. The molecule has 1 saturated heterocycles. The molecule has 45 heavy (non-hydrogen) atoms. The average molecular weight is 646 g/mol. The van der Waals surface area contributed by atoms with Crippen LogP contribution in [0.2, 0.25) is 0 Å². The summed E-state index contributed by atoms with van der Waals surface area (Å²) < 4.78 is 22.1. The van der Waals surface area contributed by atoms with Gasteiger partial charge in [-0.1, -0.05) is 51.4 Å². The van der Waals surface area contributed by atoms with Gasteiger partial charge in [-0.25, -0.2) is 24.4 Å². The summed E-state index contributed by atoms with van der Waals surface area (Å²) in [6.07, 6.45) is 17.3. The molecule has 2 aromatic rings. The van der Waals surface area contributed by atoms with Crippen molar-refractivity contribution in [3.63, 3.8) is 0 Å². The Bertz CT molecular complexity index is 1250. The molecule has 0 aromatic carbocycles. The predicted molar refractivity (Wildman–Crippen MR) is 174 cm³/mol. The molecule has 3 N–H and O–H groups in total. The van der Waals surface area contributed by atoms with Crippen molar-refractivity contribution >= 4 is 37.1 Å². The zero-order chi connectivity index (χ0) is 32.0. The molecule has 1 aliphatic heterocycles. The summed E-state index contributed by atoms with van der Waals surface area (Å²) in [6.45, 7) is 8.82. The van der Waals surface area contributed by atoms with Crippen molar-refractivity contribution < 1.29 is 23.8 Å². The smallest absolute Gasteiger partial charge is 0.342 e. The van der Waals surface area contributed by atoms with Crippen molar-refractivity contribution in [1.82, 2.24) is 29.3 Å². The first-order valence-electron chi connectivity index (χ1n) is 16.8. The lowest BCUT2D eigenvalue weighted by Gasteiger charge is -2.59. The Labute approximate surface area is 268 Å². The zero-order valence-corrected chi connectivity index (χ0v) is 28.4. The highest BCUT2D eigenvalue weighted by atomic mass is 31.1. The normalized spacial score (nSPS) is 24.8. The van der Waals surface area contributed by atoms with Crippen LogP contribution in [0.25, 0.3) is 11.2 Å². The van der Waals surface area contributed by atoms with Crippen LogP contribution in [-0.2, 0) is 30.3 Å². The van der Waals surface area contributed by atoms with E-state index in [1.54, 1.807) is 6.33 Å². The molecule has 5 rings (SSSR count). The minimum atomic E-state index is -1.21. The van der Waals surface area contributed by atoms with Crippen LogP contribution in [-0.4, -0.2) is 73.0 Å². The molecule has 2 aromatic heterocycles. The van der Waals surface area contributed by atoms with E-state index < -0.39 is 19.4 Å². The summed E-state index contributed by atoms with van der Waals surface area (Å²) >= 11 is 0. The van der Waals surface area contributed by atoms with E-state index in [0.29, 0.717) is 54.9 Å². The molecule has 3 fully saturated rings. The van der Waals surface area contributed by atoms with Gasteiger partial charge in [-0.2, -0.15) is 0 Å². The highest BCUT2D eigenvalue weighted by Crippen LogP contribution is 2.57. The van der Waals surface area contributed by atoms with Crippen LogP contribution in [0.5, 0.6) is 0 Å². The summed E-state index contributed by atoms with van der Waals surface area (Å²) in [5.41, 5.74) is 4.92. The summed E-state index contributed by atoms with van der Waals surface area (Å²) in [4.78, 5) is 40.1. The Morgan fingerprint density at radius 2 is 1.60 bits per heavy atom. The van der Waals surface area contributed by atoms with Crippen LogP contribution in [0.4, 0.5) is 5.82 Å². The van der Waals surface area contributed by atoms with Crippen molar-refractivity contribution in [2.45, 2.75) is 129 Å². The minimum absolute atomic E-state index is 0.205. The van der Waals surface area contributed by atoms with Crippen molar-refractivity contribution in [2.75, 3.05) is 25.3 Å². The first-order chi connectivity index (χ1) is 21.6. The lowest BCUT2D eigenvalue weighted by Crippen LogP contribution is -2.75. The van der Waals surface area contributed by atoms with Crippen LogP contribution in [0.15, 0.2) is 12.7 Å². The molecule has 3 unspecified atom stereocenters. The molecule has 3 aliphatic rings. The molecule has 12 nitrogen and oxygen atoms in total. The van der Waals surface area contributed by atoms with Crippen molar-refractivity contribution in [1.29, 1.82) is 0 Å². The Hall–Kier alpha value is -2.40. The van der Waals surface area contributed by atoms with E-state index in [-0.39, 0.29) is 18.0 Å². The number of carbonyl (C=O) groups is 2. The fourth-order valence-electron chi connectivity index (χ4n) is 7.04. The maximum Gasteiger partial charge on any atom is 0.342 e. The number of nitrogens with zero attached hydrogens (tertiary/aromatic N) is 5. The second-order valence-electron chi connectivity index (χ2n) is 13.8.